The molecule has 2 aromatic rings. The Morgan fingerprint density at radius 1 is 1.38 bits per heavy atom. The second-order valence-corrected chi connectivity index (χ2v) is 7.24. The SMILES string of the molecule is CCn1nc(C)c(C(=O)N2CCC[C@@H](C(=O)c3cccs3)C2)c1C. The van der Waals surface area contributed by atoms with Crippen molar-refractivity contribution >= 4 is 23.0 Å². The summed E-state index contributed by atoms with van der Waals surface area (Å²) in [5.74, 6) is 0.0803. The molecule has 0 bridgehead atoms. The number of carbonyl (C=O) groups excluding carboxylic acids is 2. The Hall–Kier alpha value is -1.95. The van der Waals surface area contributed by atoms with Gasteiger partial charge in [-0.05, 0) is 45.1 Å². The average Bonchev–Trinajstić information content (AvgIpc) is 3.22. The third kappa shape index (κ3) is 3.02. The topological polar surface area (TPSA) is 55.2 Å². The van der Waals surface area contributed by atoms with E-state index in [2.05, 4.69) is 5.10 Å². The number of likely N-dealkylation sites (tertiary alicyclic amines) is 1. The lowest BCUT2D eigenvalue weighted by Gasteiger charge is -2.32. The third-order valence-electron chi connectivity index (χ3n) is 4.74. The van der Waals surface area contributed by atoms with Gasteiger partial charge < -0.3 is 4.90 Å². The first-order valence-electron chi connectivity index (χ1n) is 8.44. The lowest BCUT2D eigenvalue weighted by molar-refractivity contribution is 0.0637. The van der Waals surface area contributed by atoms with Gasteiger partial charge >= 0.3 is 0 Å². The minimum Gasteiger partial charge on any atom is -0.338 e. The van der Waals surface area contributed by atoms with Crippen LogP contribution in [0.2, 0.25) is 0 Å². The zero-order chi connectivity index (χ0) is 17.3. The summed E-state index contributed by atoms with van der Waals surface area (Å²) in [5, 5.41) is 6.36. The fourth-order valence-electron chi connectivity index (χ4n) is 3.47. The van der Waals surface area contributed by atoms with Crippen molar-refractivity contribution in [1.82, 2.24) is 14.7 Å². The zero-order valence-electron chi connectivity index (χ0n) is 14.4. The molecule has 3 rings (SSSR count). The highest BCUT2D eigenvalue weighted by Gasteiger charge is 2.31. The maximum absolute atomic E-state index is 13.0. The minimum atomic E-state index is -0.0943. The Morgan fingerprint density at radius 2 is 2.17 bits per heavy atom. The number of hydrogen-bond acceptors (Lipinski definition) is 4. The predicted molar refractivity (Wildman–Crippen MR) is 94.7 cm³/mol. The van der Waals surface area contributed by atoms with Gasteiger partial charge in [-0.25, -0.2) is 0 Å². The van der Waals surface area contributed by atoms with E-state index in [4.69, 9.17) is 0 Å². The molecule has 3 heterocycles. The smallest absolute Gasteiger partial charge is 0.257 e. The van der Waals surface area contributed by atoms with E-state index in [9.17, 15) is 9.59 Å². The van der Waals surface area contributed by atoms with Gasteiger partial charge in [-0.15, -0.1) is 11.3 Å². The highest BCUT2D eigenvalue weighted by molar-refractivity contribution is 7.12. The van der Waals surface area contributed by atoms with Gasteiger partial charge in [0.05, 0.1) is 16.1 Å². The first-order chi connectivity index (χ1) is 11.5. The number of hydrogen-bond donors (Lipinski definition) is 0. The van der Waals surface area contributed by atoms with Crippen molar-refractivity contribution in [3.63, 3.8) is 0 Å². The molecule has 1 saturated heterocycles. The van der Waals surface area contributed by atoms with E-state index in [1.807, 2.05) is 47.9 Å². The van der Waals surface area contributed by atoms with Gasteiger partial charge in [-0.1, -0.05) is 6.07 Å². The van der Waals surface area contributed by atoms with E-state index < -0.39 is 0 Å². The summed E-state index contributed by atoms with van der Waals surface area (Å²) < 4.78 is 1.86. The molecule has 0 unspecified atom stereocenters. The van der Waals surface area contributed by atoms with Crippen LogP contribution in [0.5, 0.6) is 0 Å². The molecule has 0 saturated carbocycles. The van der Waals surface area contributed by atoms with Crippen LogP contribution >= 0.6 is 11.3 Å². The fourth-order valence-corrected chi connectivity index (χ4v) is 4.21. The molecule has 0 spiro atoms. The van der Waals surface area contributed by atoms with Gasteiger partial charge in [0.2, 0.25) is 0 Å². The number of ketones is 1. The lowest BCUT2D eigenvalue weighted by atomic mass is 9.92. The van der Waals surface area contributed by atoms with Crippen molar-refractivity contribution in [2.75, 3.05) is 13.1 Å². The minimum absolute atomic E-state index is 0.00776. The molecule has 6 heteroatoms. The van der Waals surface area contributed by atoms with Crippen LogP contribution in [0.4, 0.5) is 0 Å². The van der Waals surface area contributed by atoms with E-state index in [1.54, 1.807) is 0 Å². The molecule has 1 amide bonds. The number of aromatic nitrogens is 2. The van der Waals surface area contributed by atoms with E-state index in [1.165, 1.54) is 11.3 Å². The molecule has 1 aliphatic heterocycles. The molecule has 5 nitrogen and oxygen atoms in total. The Bertz CT molecular complexity index is 749. The van der Waals surface area contributed by atoms with E-state index in [0.717, 1.165) is 35.7 Å². The summed E-state index contributed by atoms with van der Waals surface area (Å²) in [6.07, 6.45) is 1.72. The number of amides is 1. The van der Waals surface area contributed by atoms with E-state index in [0.29, 0.717) is 18.7 Å². The van der Waals surface area contributed by atoms with Gasteiger partial charge in [0.1, 0.15) is 0 Å². The first-order valence-corrected chi connectivity index (χ1v) is 9.31. The van der Waals surface area contributed by atoms with E-state index >= 15 is 0 Å². The molecule has 2 aromatic heterocycles. The molecule has 1 aliphatic rings. The molecule has 128 valence electrons. The van der Waals surface area contributed by atoms with Crippen LogP contribution in [-0.2, 0) is 6.54 Å². The Labute approximate surface area is 146 Å². The summed E-state index contributed by atoms with van der Waals surface area (Å²) in [6, 6.07) is 3.77. The van der Waals surface area contributed by atoms with Crippen LogP contribution < -0.4 is 0 Å². The van der Waals surface area contributed by atoms with Gasteiger partial charge in [0.25, 0.3) is 5.91 Å². The fraction of sp³-hybridized carbons (Fsp3) is 0.500. The number of thiophene rings is 1. The Kier molecular flexibility index (Phi) is 4.85. The van der Waals surface area contributed by atoms with Crippen LogP contribution in [-0.4, -0.2) is 39.5 Å². The average molecular weight is 345 g/mol. The lowest BCUT2D eigenvalue weighted by Crippen LogP contribution is -2.42. The van der Waals surface area contributed by atoms with Crippen molar-refractivity contribution in [2.24, 2.45) is 5.92 Å². The maximum Gasteiger partial charge on any atom is 0.257 e. The normalized spacial score (nSPS) is 18.0. The Morgan fingerprint density at radius 3 is 2.79 bits per heavy atom. The summed E-state index contributed by atoms with van der Waals surface area (Å²) in [6.45, 7) is 7.80. The third-order valence-corrected chi connectivity index (χ3v) is 5.62. The second kappa shape index (κ2) is 6.89. The number of rotatable bonds is 4. The number of Topliss-reactive ketones (excluding diaryl/α,β-unsaturated/α-hetero) is 1. The van der Waals surface area contributed by atoms with Gasteiger partial charge in [-0.3, -0.25) is 14.3 Å². The van der Waals surface area contributed by atoms with Gasteiger partial charge in [-0.2, -0.15) is 5.10 Å². The van der Waals surface area contributed by atoms with Crippen LogP contribution in [0.25, 0.3) is 0 Å². The molecule has 0 aromatic carbocycles. The monoisotopic (exact) mass is 345 g/mol. The van der Waals surface area contributed by atoms with Crippen molar-refractivity contribution in [2.45, 2.75) is 40.2 Å². The van der Waals surface area contributed by atoms with Crippen molar-refractivity contribution in [1.29, 1.82) is 0 Å². The summed E-state index contributed by atoms with van der Waals surface area (Å²) in [4.78, 5) is 28.2. The van der Waals surface area contributed by atoms with Crippen LogP contribution in [0.1, 0.15) is 51.2 Å². The van der Waals surface area contributed by atoms with Gasteiger partial charge in [0, 0.05) is 31.2 Å². The standard InChI is InChI=1S/C18H23N3O2S/c1-4-21-13(3)16(12(2)19-21)18(23)20-9-5-7-14(11-20)17(22)15-8-6-10-24-15/h6,8,10,14H,4-5,7,9,11H2,1-3H3/t14-/m1/s1. The predicted octanol–water partition coefficient (Wildman–Crippen LogP) is 3.32. The number of nitrogens with zero attached hydrogens (tertiary/aromatic N) is 3. The highest BCUT2D eigenvalue weighted by Crippen LogP contribution is 2.25. The molecular weight excluding hydrogens is 322 g/mol. The molecule has 1 atom stereocenters. The number of carbonyl (C=O) groups is 2. The Balaban J connectivity index is 1.79. The molecule has 24 heavy (non-hydrogen) atoms. The highest BCUT2D eigenvalue weighted by atomic mass is 32.1. The number of piperidine rings is 1. The molecule has 1 fully saturated rings. The maximum atomic E-state index is 13.0. The van der Waals surface area contributed by atoms with Crippen LogP contribution in [0.15, 0.2) is 17.5 Å². The zero-order valence-corrected chi connectivity index (χ0v) is 15.2. The quantitative estimate of drug-likeness (QED) is 0.799. The number of aryl methyl sites for hydroxylation is 2. The molecule has 0 aliphatic carbocycles. The molecule has 0 N–H and O–H groups in total. The first kappa shape index (κ1) is 16.9. The largest absolute Gasteiger partial charge is 0.338 e. The molecular formula is C18H23N3O2S. The van der Waals surface area contributed by atoms with E-state index in [-0.39, 0.29) is 17.6 Å². The van der Waals surface area contributed by atoms with Crippen molar-refractivity contribution < 1.29 is 9.59 Å². The summed E-state index contributed by atoms with van der Waals surface area (Å²) >= 11 is 1.48. The van der Waals surface area contributed by atoms with Crippen molar-refractivity contribution in [3.05, 3.63) is 39.3 Å². The van der Waals surface area contributed by atoms with Crippen molar-refractivity contribution in [3.8, 4) is 0 Å². The van der Waals surface area contributed by atoms with Crippen LogP contribution in [0, 0.1) is 19.8 Å². The van der Waals surface area contributed by atoms with Crippen LogP contribution in [0.3, 0.4) is 0 Å². The molecule has 0 radical (unpaired) electrons. The summed E-state index contributed by atoms with van der Waals surface area (Å²) in [5.41, 5.74) is 2.37. The summed E-state index contributed by atoms with van der Waals surface area (Å²) in [7, 11) is 0. The van der Waals surface area contributed by atoms with Gasteiger partial charge in [0.15, 0.2) is 5.78 Å². The second-order valence-electron chi connectivity index (χ2n) is 6.29.